The van der Waals surface area contributed by atoms with Gasteiger partial charge in [-0.3, -0.25) is 0 Å². The third kappa shape index (κ3) is 4.00. The van der Waals surface area contributed by atoms with Gasteiger partial charge in [0.2, 0.25) is 10.0 Å². The summed E-state index contributed by atoms with van der Waals surface area (Å²) in [5, 5.41) is 0.345. The second-order valence-electron chi connectivity index (χ2n) is 4.96. The zero-order valence-corrected chi connectivity index (χ0v) is 14.0. The summed E-state index contributed by atoms with van der Waals surface area (Å²) in [4.78, 5) is 0.0442. The number of hydrogen-bond acceptors (Lipinski definition) is 3. The first-order valence-corrected chi connectivity index (χ1v) is 8.68. The van der Waals surface area contributed by atoms with Crippen LogP contribution in [-0.4, -0.2) is 22.1 Å². The summed E-state index contributed by atoms with van der Waals surface area (Å²) in [6, 6.07) is 14.2. The Bertz CT molecular complexity index is 732. The standard InChI is InChI=1S/C16H18ClNO3S/c1-12(13-6-4-3-5-7-13)11-18-22(19,20)16-10-14(17)8-9-15(16)21-2/h3-10,12,18H,11H2,1-2H3. The van der Waals surface area contributed by atoms with E-state index in [4.69, 9.17) is 16.3 Å². The molecule has 1 unspecified atom stereocenters. The zero-order chi connectivity index (χ0) is 16.2. The molecule has 2 aromatic rings. The minimum atomic E-state index is -3.69. The van der Waals surface area contributed by atoms with Crippen LogP contribution in [0.5, 0.6) is 5.75 Å². The smallest absolute Gasteiger partial charge is 0.244 e. The molecule has 0 aliphatic heterocycles. The second-order valence-corrected chi connectivity index (χ2v) is 7.13. The number of nitrogens with one attached hydrogen (secondary N) is 1. The second kappa shape index (κ2) is 7.13. The average molecular weight is 340 g/mol. The van der Waals surface area contributed by atoms with E-state index in [0.717, 1.165) is 5.56 Å². The van der Waals surface area contributed by atoms with Gasteiger partial charge in [-0.05, 0) is 29.7 Å². The number of sulfonamides is 1. The molecule has 0 aliphatic carbocycles. The molecular weight excluding hydrogens is 322 g/mol. The van der Waals surface area contributed by atoms with Gasteiger partial charge in [-0.25, -0.2) is 13.1 Å². The van der Waals surface area contributed by atoms with Crippen LogP contribution in [0.2, 0.25) is 5.02 Å². The highest BCUT2D eigenvalue weighted by Gasteiger charge is 2.20. The molecule has 0 bridgehead atoms. The summed E-state index contributed by atoms with van der Waals surface area (Å²) >= 11 is 5.89. The lowest BCUT2D eigenvalue weighted by atomic mass is 10.0. The van der Waals surface area contributed by atoms with E-state index >= 15 is 0 Å². The molecule has 0 amide bonds. The maximum atomic E-state index is 12.5. The number of benzene rings is 2. The molecule has 0 saturated carbocycles. The molecule has 22 heavy (non-hydrogen) atoms. The fourth-order valence-electron chi connectivity index (χ4n) is 2.07. The molecule has 0 fully saturated rings. The highest BCUT2D eigenvalue weighted by molar-refractivity contribution is 7.89. The summed E-state index contributed by atoms with van der Waals surface area (Å²) in [5.41, 5.74) is 1.07. The Morgan fingerprint density at radius 3 is 2.50 bits per heavy atom. The highest BCUT2D eigenvalue weighted by Crippen LogP contribution is 2.27. The van der Waals surface area contributed by atoms with Gasteiger partial charge in [0.25, 0.3) is 0 Å². The molecule has 0 aliphatic rings. The van der Waals surface area contributed by atoms with Crippen LogP contribution in [0.3, 0.4) is 0 Å². The number of methoxy groups -OCH3 is 1. The Balaban J connectivity index is 2.17. The highest BCUT2D eigenvalue weighted by atomic mass is 35.5. The summed E-state index contributed by atoms with van der Waals surface area (Å²) in [6.07, 6.45) is 0. The van der Waals surface area contributed by atoms with Crippen LogP contribution in [0.1, 0.15) is 18.4 Å². The Morgan fingerprint density at radius 1 is 1.18 bits per heavy atom. The third-order valence-corrected chi connectivity index (χ3v) is 5.04. The van der Waals surface area contributed by atoms with E-state index < -0.39 is 10.0 Å². The lowest BCUT2D eigenvalue weighted by Gasteiger charge is -2.15. The van der Waals surface area contributed by atoms with Gasteiger partial charge in [-0.15, -0.1) is 0 Å². The average Bonchev–Trinajstić information content (AvgIpc) is 2.53. The fourth-order valence-corrected chi connectivity index (χ4v) is 3.63. The minimum absolute atomic E-state index is 0.0442. The first-order valence-electron chi connectivity index (χ1n) is 6.82. The molecule has 2 aromatic carbocycles. The van der Waals surface area contributed by atoms with Crippen molar-refractivity contribution in [1.29, 1.82) is 0 Å². The molecule has 4 nitrogen and oxygen atoms in total. The van der Waals surface area contributed by atoms with Crippen molar-refractivity contribution in [2.24, 2.45) is 0 Å². The maximum Gasteiger partial charge on any atom is 0.244 e. The topological polar surface area (TPSA) is 55.4 Å². The Labute approximate surface area is 136 Å². The predicted octanol–water partition coefficient (Wildman–Crippen LogP) is 3.43. The first kappa shape index (κ1) is 16.8. The summed E-state index contributed by atoms with van der Waals surface area (Å²) in [5.74, 6) is 0.324. The maximum absolute atomic E-state index is 12.5. The quantitative estimate of drug-likeness (QED) is 0.877. The minimum Gasteiger partial charge on any atom is -0.495 e. The van der Waals surface area contributed by atoms with E-state index in [9.17, 15) is 8.42 Å². The number of ether oxygens (including phenoxy) is 1. The zero-order valence-electron chi connectivity index (χ0n) is 12.4. The number of halogens is 1. The molecule has 0 spiro atoms. The van der Waals surface area contributed by atoms with Crippen molar-refractivity contribution in [1.82, 2.24) is 4.72 Å². The van der Waals surface area contributed by atoms with Crippen LogP contribution >= 0.6 is 11.6 Å². The predicted molar refractivity (Wildman–Crippen MR) is 88.0 cm³/mol. The molecule has 118 valence electrons. The number of rotatable bonds is 6. The molecule has 0 radical (unpaired) electrons. The summed E-state index contributed by atoms with van der Waals surface area (Å²) < 4.78 is 32.6. The van der Waals surface area contributed by atoms with Crippen LogP contribution < -0.4 is 9.46 Å². The molecule has 0 aromatic heterocycles. The molecular formula is C16H18ClNO3S. The molecule has 0 heterocycles. The van der Waals surface area contributed by atoms with Crippen molar-refractivity contribution in [3.63, 3.8) is 0 Å². The molecule has 2 rings (SSSR count). The van der Waals surface area contributed by atoms with Gasteiger partial charge in [-0.1, -0.05) is 48.9 Å². The Hall–Kier alpha value is -1.56. The monoisotopic (exact) mass is 339 g/mol. The van der Waals surface area contributed by atoms with Gasteiger partial charge in [0, 0.05) is 11.6 Å². The van der Waals surface area contributed by atoms with Crippen molar-refractivity contribution in [3.05, 3.63) is 59.1 Å². The van der Waals surface area contributed by atoms with Crippen molar-refractivity contribution >= 4 is 21.6 Å². The summed E-state index contributed by atoms with van der Waals surface area (Å²) in [6.45, 7) is 2.26. The molecule has 1 atom stereocenters. The Kier molecular flexibility index (Phi) is 5.45. The SMILES string of the molecule is COc1ccc(Cl)cc1S(=O)(=O)NCC(C)c1ccccc1. The van der Waals surface area contributed by atoms with E-state index in [0.29, 0.717) is 11.6 Å². The van der Waals surface area contributed by atoms with E-state index in [2.05, 4.69) is 4.72 Å². The van der Waals surface area contributed by atoms with Crippen LogP contribution in [-0.2, 0) is 10.0 Å². The molecule has 6 heteroatoms. The van der Waals surface area contributed by atoms with Gasteiger partial charge in [-0.2, -0.15) is 0 Å². The van der Waals surface area contributed by atoms with Crippen molar-refractivity contribution in [2.75, 3.05) is 13.7 Å². The van der Waals surface area contributed by atoms with Crippen molar-refractivity contribution in [2.45, 2.75) is 17.7 Å². The number of hydrogen-bond donors (Lipinski definition) is 1. The van der Waals surface area contributed by atoms with Crippen LogP contribution in [0.25, 0.3) is 0 Å². The fraction of sp³-hybridized carbons (Fsp3) is 0.250. The van der Waals surface area contributed by atoms with Gasteiger partial charge in [0.05, 0.1) is 7.11 Å². The van der Waals surface area contributed by atoms with E-state index in [1.165, 1.54) is 19.2 Å². The van der Waals surface area contributed by atoms with Gasteiger partial charge >= 0.3 is 0 Å². The molecule has 0 saturated heterocycles. The van der Waals surface area contributed by atoms with E-state index in [-0.39, 0.29) is 16.6 Å². The largest absolute Gasteiger partial charge is 0.495 e. The first-order chi connectivity index (χ1) is 10.4. The van der Waals surface area contributed by atoms with Crippen LogP contribution in [0, 0.1) is 0 Å². The van der Waals surface area contributed by atoms with Crippen molar-refractivity contribution in [3.8, 4) is 5.75 Å². The van der Waals surface area contributed by atoms with Gasteiger partial charge in [0.15, 0.2) is 0 Å². The van der Waals surface area contributed by atoms with E-state index in [1.807, 2.05) is 37.3 Å². The van der Waals surface area contributed by atoms with Crippen LogP contribution in [0.4, 0.5) is 0 Å². The summed E-state index contributed by atoms with van der Waals surface area (Å²) in [7, 11) is -2.26. The third-order valence-electron chi connectivity index (χ3n) is 3.36. The molecule has 1 N–H and O–H groups in total. The van der Waals surface area contributed by atoms with E-state index in [1.54, 1.807) is 6.07 Å². The Morgan fingerprint density at radius 2 is 1.86 bits per heavy atom. The lowest BCUT2D eigenvalue weighted by Crippen LogP contribution is -2.28. The normalized spacial score (nSPS) is 12.9. The van der Waals surface area contributed by atoms with Gasteiger partial charge in [0.1, 0.15) is 10.6 Å². The lowest BCUT2D eigenvalue weighted by molar-refractivity contribution is 0.402. The van der Waals surface area contributed by atoms with Crippen LogP contribution in [0.15, 0.2) is 53.4 Å². The van der Waals surface area contributed by atoms with Crippen molar-refractivity contribution < 1.29 is 13.2 Å². The van der Waals surface area contributed by atoms with Gasteiger partial charge < -0.3 is 4.74 Å².